The first-order chi connectivity index (χ1) is 14.5. The van der Waals surface area contributed by atoms with Crippen LogP contribution in [-0.4, -0.2) is 18.6 Å². The van der Waals surface area contributed by atoms with Gasteiger partial charge in [0.05, 0.1) is 19.2 Å². The van der Waals surface area contributed by atoms with Gasteiger partial charge in [0.1, 0.15) is 5.75 Å². The summed E-state index contributed by atoms with van der Waals surface area (Å²) >= 11 is 0. The van der Waals surface area contributed by atoms with E-state index in [2.05, 4.69) is 24.2 Å². The van der Waals surface area contributed by atoms with Crippen molar-refractivity contribution in [2.45, 2.75) is 32.3 Å². The Hall–Kier alpha value is -3.40. The summed E-state index contributed by atoms with van der Waals surface area (Å²) in [6, 6.07) is 23.5. The fraction of sp³-hybridized carbons (Fsp3) is 0.231. The van der Waals surface area contributed by atoms with Crippen LogP contribution in [0.5, 0.6) is 5.75 Å². The molecule has 4 heteroatoms. The number of nitrogens with zero attached hydrogens (tertiary/aromatic N) is 1. The van der Waals surface area contributed by atoms with Gasteiger partial charge in [-0.3, -0.25) is 4.79 Å². The van der Waals surface area contributed by atoms with Gasteiger partial charge in [0.15, 0.2) is 11.4 Å². The van der Waals surface area contributed by atoms with Crippen molar-refractivity contribution in [3.63, 3.8) is 0 Å². The molecule has 0 saturated heterocycles. The number of carbonyl (C=O) groups is 1. The Morgan fingerprint density at radius 1 is 0.933 bits per heavy atom. The number of ether oxygens (including phenoxy) is 1. The summed E-state index contributed by atoms with van der Waals surface area (Å²) in [6.45, 7) is 4.06. The molecule has 0 radical (unpaired) electrons. The molecule has 1 unspecified atom stereocenters. The van der Waals surface area contributed by atoms with Gasteiger partial charge in [-0.15, -0.1) is 0 Å². The summed E-state index contributed by atoms with van der Waals surface area (Å²) in [4.78, 5) is 19.2. The third kappa shape index (κ3) is 3.99. The molecule has 0 aromatic heterocycles. The van der Waals surface area contributed by atoms with Crippen molar-refractivity contribution in [2.24, 2.45) is 5.16 Å². The number of benzene rings is 3. The molecule has 1 atom stereocenters. The number of rotatable bonds is 6. The van der Waals surface area contributed by atoms with Crippen LogP contribution in [0.15, 0.2) is 78.0 Å². The molecule has 0 amide bonds. The molecule has 1 heterocycles. The van der Waals surface area contributed by atoms with Gasteiger partial charge in [0, 0.05) is 12.0 Å². The second-order valence-corrected chi connectivity index (χ2v) is 7.86. The molecule has 0 N–H and O–H groups in total. The maximum Gasteiger partial charge on any atom is 0.175 e. The van der Waals surface area contributed by atoms with Gasteiger partial charge in [0.25, 0.3) is 0 Å². The minimum absolute atomic E-state index is 0.0335. The lowest BCUT2D eigenvalue weighted by Crippen LogP contribution is -2.30. The average Bonchev–Trinajstić information content (AvgIpc) is 3.20. The van der Waals surface area contributed by atoms with Crippen molar-refractivity contribution in [2.75, 3.05) is 7.11 Å². The zero-order valence-electron chi connectivity index (χ0n) is 17.5. The fourth-order valence-electron chi connectivity index (χ4n) is 3.73. The number of carbonyl (C=O) groups excluding carboxylic acids is 1. The van der Waals surface area contributed by atoms with Crippen LogP contribution in [0.3, 0.4) is 0 Å². The van der Waals surface area contributed by atoms with Crippen molar-refractivity contribution in [3.8, 4) is 5.75 Å². The molecule has 3 aromatic carbocycles. The van der Waals surface area contributed by atoms with E-state index >= 15 is 0 Å². The van der Waals surface area contributed by atoms with E-state index in [1.54, 1.807) is 7.11 Å². The Bertz CT molecular complexity index is 1070. The van der Waals surface area contributed by atoms with E-state index in [-0.39, 0.29) is 12.2 Å². The summed E-state index contributed by atoms with van der Waals surface area (Å²) in [5.74, 6) is 0.794. The molecule has 0 fully saturated rings. The van der Waals surface area contributed by atoms with Crippen LogP contribution in [0.1, 0.15) is 45.5 Å². The molecule has 1 aliphatic rings. The van der Waals surface area contributed by atoms with Crippen LogP contribution in [0, 0.1) is 13.8 Å². The zero-order chi connectivity index (χ0) is 21.1. The second kappa shape index (κ2) is 8.15. The van der Waals surface area contributed by atoms with Crippen LogP contribution in [0.2, 0.25) is 0 Å². The van der Waals surface area contributed by atoms with Gasteiger partial charge in [-0.25, -0.2) is 0 Å². The molecule has 4 rings (SSSR count). The monoisotopic (exact) mass is 399 g/mol. The molecule has 1 aliphatic heterocycles. The summed E-state index contributed by atoms with van der Waals surface area (Å²) < 4.78 is 5.29. The van der Waals surface area contributed by atoms with Gasteiger partial charge in [-0.2, -0.15) is 0 Å². The Balaban J connectivity index is 1.66. The minimum Gasteiger partial charge on any atom is -0.497 e. The first-order valence-electron chi connectivity index (χ1n) is 10.1. The molecule has 30 heavy (non-hydrogen) atoms. The largest absolute Gasteiger partial charge is 0.497 e. The van der Waals surface area contributed by atoms with Crippen LogP contribution < -0.4 is 4.74 Å². The first kappa shape index (κ1) is 19.9. The average molecular weight is 399 g/mol. The Morgan fingerprint density at radius 2 is 1.53 bits per heavy atom. The van der Waals surface area contributed by atoms with E-state index in [1.807, 2.05) is 67.6 Å². The van der Waals surface area contributed by atoms with Crippen molar-refractivity contribution in [1.82, 2.24) is 0 Å². The summed E-state index contributed by atoms with van der Waals surface area (Å²) in [5.41, 5.74) is 4.93. The molecule has 152 valence electrons. The van der Waals surface area contributed by atoms with Crippen LogP contribution >= 0.6 is 0 Å². The van der Waals surface area contributed by atoms with Crippen molar-refractivity contribution in [1.29, 1.82) is 0 Å². The predicted octanol–water partition coefficient (Wildman–Crippen LogP) is 5.60. The maximum absolute atomic E-state index is 13.1. The third-order valence-electron chi connectivity index (χ3n) is 5.60. The van der Waals surface area contributed by atoms with Gasteiger partial charge in [-0.05, 0) is 37.1 Å². The number of ketones is 1. The molecule has 0 saturated carbocycles. The van der Waals surface area contributed by atoms with E-state index in [0.29, 0.717) is 12.0 Å². The lowest BCUT2D eigenvalue weighted by atomic mass is 9.82. The van der Waals surface area contributed by atoms with Gasteiger partial charge < -0.3 is 9.57 Å². The Kier molecular flexibility index (Phi) is 5.40. The highest BCUT2D eigenvalue weighted by Crippen LogP contribution is 2.41. The Labute approximate surface area is 177 Å². The summed E-state index contributed by atoms with van der Waals surface area (Å²) in [5, 5.41) is 4.40. The molecule has 0 spiro atoms. The molecule has 4 nitrogen and oxygen atoms in total. The number of methoxy groups -OCH3 is 1. The Morgan fingerprint density at radius 3 is 2.13 bits per heavy atom. The maximum atomic E-state index is 13.1. The number of hydrogen-bond donors (Lipinski definition) is 0. The molecule has 0 aliphatic carbocycles. The highest BCUT2D eigenvalue weighted by Gasteiger charge is 2.43. The summed E-state index contributed by atoms with van der Waals surface area (Å²) in [6.07, 6.45) is 0.737. The molecule has 0 bridgehead atoms. The van der Waals surface area contributed by atoms with Crippen molar-refractivity contribution < 1.29 is 14.4 Å². The predicted molar refractivity (Wildman–Crippen MR) is 118 cm³/mol. The molecule has 3 aromatic rings. The SMILES string of the molecule is COc1ccc(C2(CC(=O)c3ccc(C)cc3)CC(c3ccc(C)cc3)=NO2)cc1. The number of oxime groups is 1. The highest BCUT2D eigenvalue weighted by atomic mass is 16.7. The van der Waals surface area contributed by atoms with E-state index in [9.17, 15) is 4.79 Å². The van der Waals surface area contributed by atoms with E-state index in [1.165, 1.54) is 5.56 Å². The number of hydrogen-bond acceptors (Lipinski definition) is 4. The second-order valence-electron chi connectivity index (χ2n) is 7.86. The minimum atomic E-state index is -0.839. The van der Waals surface area contributed by atoms with Gasteiger partial charge in [-0.1, -0.05) is 76.9 Å². The standard InChI is InChI=1S/C26H25NO3/c1-18-4-8-20(9-5-18)24-16-26(30-27-24,22-12-14-23(29-3)15-13-22)17-25(28)21-10-6-19(2)7-11-21/h4-15H,16-17H2,1-3H3. The van der Waals surface area contributed by atoms with Crippen molar-refractivity contribution in [3.05, 3.63) is 101 Å². The van der Waals surface area contributed by atoms with Crippen molar-refractivity contribution >= 4 is 11.5 Å². The lowest BCUT2D eigenvalue weighted by Gasteiger charge is -2.27. The van der Waals surface area contributed by atoms with Gasteiger partial charge >= 0.3 is 0 Å². The van der Waals surface area contributed by atoms with Crippen LogP contribution in [-0.2, 0) is 10.4 Å². The number of aryl methyl sites for hydroxylation is 2. The third-order valence-corrected chi connectivity index (χ3v) is 5.60. The molecular formula is C26H25NO3. The number of Topliss-reactive ketones (excluding diaryl/α,β-unsaturated/α-hetero) is 1. The topological polar surface area (TPSA) is 47.9 Å². The quantitative estimate of drug-likeness (QED) is 0.507. The zero-order valence-corrected chi connectivity index (χ0v) is 17.5. The smallest absolute Gasteiger partial charge is 0.175 e. The fourth-order valence-corrected chi connectivity index (χ4v) is 3.73. The first-order valence-corrected chi connectivity index (χ1v) is 10.1. The van der Waals surface area contributed by atoms with Crippen LogP contribution in [0.25, 0.3) is 0 Å². The van der Waals surface area contributed by atoms with E-state index < -0.39 is 5.60 Å². The van der Waals surface area contributed by atoms with E-state index in [4.69, 9.17) is 9.57 Å². The highest BCUT2D eigenvalue weighted by molar-refractivity contribution is 6.03. The van der Waals surface area contributed by atoms with E-state index in [0.717, 1.165) is 28.2 Å². The lowest BCUT2D eigenvalue weighted by molar-refractivity contribution is -0.0248. The normalized spacial score (nSPS) is 17.9. The van der Waals surface area contributed by atoms with Crippen LogP contribution in [0.4, 0.5) is 0 Å². The summed E-state index contributed by atoms with van der Waals surface area (Å²) in [7, 11) is 1.64. The molecular weight excluding hydrogens is 374 g/mol. The van der Waals surface area contributed by atoms with Gasteiger partial charge in [0.2, 0.25) is 0 Å².